The van der Waals surface area contributed by atoms with Crippen molar-refractivity contribution >= 4 is 44.7 Å². The van der Waals surface area contributed by atoms with Crippen molar-refractivity contribution in [2.24, 2.45) is 11.8 Å². The average molecular weight is 442 g/mol. The molecule has 8 heteroatoms. The molecule has 1 fully saturated rings. The normalized spacial score (nSPS) is 19.2. The number of rotatable bonds is 4. The first kappa shape index (κ1) is 20.9. The van der Waals surface area contributed by atoms with E-state index in [0.29, 0.717) is 21.9 Å². The molecular weight excluding hydrogens is 418 g/mol. The molecular formula is C22H24ClN5OS. The van der Waals surface area contributed by atoms with Gasteiger partial charge in [0.1, 0.15) is 11.1 Å². The Labute approximate surface area is 184 Å². The van der Waals surface area contributed by atoms with E-state index in [1.807, 2.05) is 34.1 Å². The molecule has 2 atom stereocenters. The van der Waals surface area contributed by atoms with Gasteiger partial charge in [-0.05, 0) is 60.6 Å². The van der Waals surface area contributed by atoms with Gasteiger partial charge in [-0.25, -0.2) is 0 Å². The zero-order chi connectivity index (χ0) is 21.4. The minimum Gasteiger partial charge on any atom is -0.332 e. The van der Waals surface area contributed by atoms with Gasteiger partial charge in [-0.15, -0.1) is 0 Å². The van der Waals surface area contributed by atoms with Gasteiger partial charge in [0.05, 0.1) is 22.3 Å². The summed E-state index contributed by atoms with van der Waals surface area (Å²) in [5.41, 5.74) is 1.52. The number of fused-ring (bicyclic) bond motifs is 1. The standard InChI is InChI=1S/C22H24ClN5OS/c1-13(2)16-12-25-10-8-19(16)28-21(29)15(11-24)22(30-28)27(3)20-14-5-4-9-26-18(14)7-6-17(20)23/h4-7,9,13,16,19,25H,8,10,12H2,1-3H3. The van der Waals surface area contributed by atoms with Crippen molar-refractivity contribution in [3.8, 4) is 6.07 Å². The molecule has 1 N–H and O–H groups in total. The number of aromatic nitrogens is 2. The fourth-order valence-electron chi connectivity index (χ4n) is 4.32. The fourth-order valence-corrected chi connectivity index (χ4v) is 5.80. The first-order chi connectivity index (χ1) is 14.4. The minimum atomic E-state index is -0.212. The number of halogens is 1. The minimum absolute atomic E-state index is 0.0858. The van der Waals surface area contributed by atoms with E-state index in [2.05, 4.69) is 30.2 Å². The highest BCUT2D eigenvalue weighted by molar-refractivity contribution is 7.11. The van der Waals surface area contributed by atoms with Gasteiger partial charge in [0.15, 0.2) is 5.56 Å². The van der Waals surface area contributed by atoms with Crippen molar-refractivity contribution < 1.29 is 0 Å². The Kier molecular flexibility index (Phi) is 5.83. The van der Waals surface area contributed by atoms with Gasteiger partial charge in [-0.3, -0.25) is 13.7 Å². The van der Waals surface area contributed by atoms with E-state index in [-0.39, 0.29) is 17.2 Å². The van der Waals surface area contributed by atoms with Gasteiger partial charge in [-0.2, -0.15) is 5.26 Å². The molecule has 2 unspecified atom stereocenters. The van der Waals surface area contributed by atoms with Crippen LogP contribution in [0.3, 0.4) is 0 Å². The number of pyridine rings is 1. The largest absolute Gasteiger partial charge is 0.332 e. The number of anilines is 2. The Morgan fingerprint density at radius 3 is 2.93 bits per heavy atom. The van der Waals surface area contributed by atoms with Gasteiger partial charge >= 0.3 is 0 Å². The third kappa shape index (κ3) is 3.49. The second kappa shape index (κ2) is 8.38. The molecule has 3 heterocycles. The Hall–Kier alpha value is -2.40. The monoisotopic (exact) mass is 441 g/mol. The zero-order valence-corrected chi connectivity index (χ0v) is 18.8. The maximum Gasteiger partial charge on any atom is 0.281 e. The number of hydrogen-bond donors (Lipinski definition) is 1. The van der Waals surface area contributed by atoms with Crippen LogP contribution in [0.1, 0.15) is 31.9 Å². The number of nitriles is 1. The first-order valence-electron chi connectivity index (χ1n) is 10.1. The number of benzene rings is 1. The summed E-state index contributed by atoms with van der Waals surface area (Å²) < 4.78 is 1.81. The van der Waals surface area contributed by atoms with Crippen molar-refractivity contribution in [2.45, 2.75) is 26.3 Å². The van der Waals surface area contributed by atoms with Crippen molar-refractivity contribution in [2.75, 3.05) is 25.0 Å². The molecule has 2 aromatic heterocycles. The average Bonchev–Trinajstić information content (AvgIpc) is 3.09. The summed E-state index contributed by atoms with van der Waals surface area (Å²) in [5, 5.41) is 15.3. The summed E-state index contributed by atoms with van der Waals surface area (Å²) in [6, 6.07) is 9.72. The molecule has 156 valence electrons. The maximum absolute atomic E-state index is 13.2. The lowest BCUT2D eigenvalue weighted by molar-refractivity contribution is 0.206. The lowest BCUT2D eigenvalue weighted by Gasteiger charge is -2.34. The SMILES string of the molecule is CC(C)C1CNCCC1n1sc(N(C)c2c(Cl)ccc3ncccc23)c(C#N)c1=O. The van der Waals surface area contributed by atoms with E-state index < -0.39 is 0 Å². The van der Waals surface area contributed by atoms with E-state index >= 15 is 0 Å². The molecule has 0 amide bonds. The summed E-state index contributed by atoms with van der Waals surface area (Å²) in [6.45, 7) is 6.11. The molecule has 1 saturated heterocycles. The third-order valence-electron chi connectivity index (χ3n) is 5.92. The molecule has 4 rings (SSSR count). The van der Waals surface area contributed by atoms with Crippen LogP contribution in [0.4, 0.5) is 10.7 Å². The topological polar surface area (TPSA) is 74.0 Å². The van der Waals surface area contributed by atoms with Crippen LogP contribution in [-0.2, 0) is 0 Å². The zero-order valence-electron chi connectivity index (χ0n) is 17.2. The van der Waals surface area contributed by atoms with Crippen LogP contribution in [0.25, 0.3) is 10.9 Å². The van der Waals surface area contributed by atoms with Gasteiger partial charge in [0.2, 0.25) is 0 Å². The van der Waals surface area contributed by atoms with Crippen molar-refractivity contribution in [3.63, 3.8) is 0 Å². The van der Waals surface area contributed by atoms with Crippen LogP contribution in [0.15, 0.2) is 35.3 Å². The molecule has 1 aromatic carbocycles. The number of nitrogens with zero attached hydrogens (tertiary/aromatic N) is 4. The number of hydrogen-bond acceptors (Lipinski definition) is 6. The predicted molar refractivity (Wildman–Crippen MR) is 123 cm³/mol. The molecule has 3 aromatic rings. The summed E-state index contributed by atoms with van der Waals surface area (Å²) in [6.07, 6.45) is 2.61. The van der Waals surface area contributed by atoms with E-state index in [4.69, 9.17) is 11.6 Å². The summed E-state index contributed by atoms with van der Waals surface area (Å²) >= 11 is 7.92. The molecule has 0 spiro atoms. The van der Waals surface area contributed by atoms with E-state index in [9.17, 15) is 10.1 Å². The molecule has 6 nitrogen and oxygen atoms in total. The van der Waals surface area contributed by atoms with Crippen LogP contribution in [0.2, 0.25) is 5.02 Å². The van der Waals surface area contributed by atoms with E-state index in [0.717, 1.165) is 36.1 Å². The second-order valence-electron chi connectivity index (χ2n) is 8.01. The number of piperidine rings is 1. The molecule has 30 heavy (non-hydrogen) atoms. The lowest BCUT2D eigenvalue weighted by Crippen LogP contribution is -2.42. The van der Waals surface area contributed by atoms with Crippen molar-refractivity contribution in [1.29, 1.82) is 5.26 Å². The van der Waals surface area contributed by atoms with E-state index in [1.54, 1.807) is 12.3 Å². The van der Waals surface area contributed by atoms with Gasteiger partial charge < -0.3 is 10.2 Å². The molecule has 0 saturated carbocycles. The van der Waals surface area contributed by atoms with Crippen LogP contribution in [-0.4, -0.2) is 29.1 Å². The quantitative estimate of drug-likeness (QED) is 0.642. The highest BCUT2D eigenvalue weighted by Gasteiger charge is 2.33. The Morgan fingerprint density at radius 1 is 1.40 bits per heavy atom. The molecule has 1 aliphatic heterocycles. The van der Waals surface area contributed by atoms with Crippen LogP contribution >= 0.6 is 23.1 Å². The molecule has 0 bridgehead atoms. The van der Waals surface area contributed by atoms with Crippen LogP contribution in [0, 0.1) is 23.2 Å². The molecule has 1 aliphatic rings. The summed E-state index contributed by atoms with van der Waals surface area (Å²) in [4.78, 5) is 19.5. The highest BCUT2D eigenvalue weighted by Crippen LogP contribution is 2.41. The lowest BCUT2D eigenvalue weighted by atomic mass is 9.84. The van der Waals surface area contributed by atoms with Crippen LogP contribution < -0.4 is 15.8 Å². The Morgan fingerprint density at radius 2 is 2.20 bits per heavy atom. The second-order valence-corrected chi connectivity index (χ2v) is 9.38. The highest BCUT2D eigenvalue weighted by atomic mass is 35.5. The number of nitrogens with one attached hydrogen (secondary N) is 1. The Bertz CT molecular complexity index is 1180. The van der Waals surface area contributed by atoms with Gasteiger partial charge in [0.25, 0.3) is 5.56 Å². The van der Waals surface area contributed by atoms with Crippen molar-refractivity contribution in [1.82, 2.24) is 14.3 Å². The fraction of sp³-hybridized carbons (Fsp3) is 0.409. The smallest absolute Gasteiger partial charge is 0.281 e. The molecule has 0 radical (unpaired) electrons. The van der Waals surface area contributed by atoms with Gasteiger partial charge in [0, 0.05) is 25.2 Å². The van der Waals surface area contributed by atoms with E-state index in [1.165, 1.54) is 11.5 Å². The van der Waals surface area contributed by atoms with Crippen LogP contribution in [0.5, 0.6) is 0 Å². The van der Waals surface area contributed by atoms with Gasteiger partial charge in [-0.1, -0.05) is 25.4 Å². The summed E-state index contributed by atoms with van der Waals surface area (Å²) in [7, 11) is 1.85. The third-order valence-corrected chi connectivity index (χ3v) is 7.51. The van der Waals surface area contributed by atoms with Crippen molar-refractivity contribution in [3.05, 3.63) is 51.4 Å². The Balaban J connectivity index is 1.85. The maximum atomic E-state index is 13.2. The molecule has 0 aliphatic carbocycles. The predicted octanol–water partition coefficient (Wildman–Crippen LogP) is 4.56. The first-order valence-corrected chi connectivity index (χ1v) is 11.2. The summed E-state index contributed by atoms with van der Waals surface area (Å²) in [5.74, 6) is 0.771.